The Hall–Kier alpha value is -1.96. The van der Waals surface area contributed by atoms with Crippen molar-refractivity contribution in [3.05, 3.63) is 44.3 Å². The smallest absolute Gasteiger partial charge is 0.353 e. The van der Waals surface area contributed by atoms with Crippen molar-refractivity contribution in [2.75, 3.05) is 0 Å². The summed E-state index contributed by atoms with van der Waals surface area (Å²) in [6, 6.07) is 3.95. The summed E-state index contributed by atoms with van der Waals surface area (Å²) in [7, 11) is 1.55. The van der Waals surface area contributed by atoms with Crippen LogP contribution in [0.5, 0.6) is 11.6 Å². The van der Waals surface area contributed by atoms with Gasteiger partial charge in [0.1, 0.15) is 17.3 Å². The molecule has 2 rings (SSSR count). The zero-order valence-electron chi connectivity index (χ0n) is 11.5. The summed E-state index contributed by atoms with van der Waals surface area (Å²) < 4.78 is 20.6. The summed E-state index contributed by atoms with van der Waals surface area (Å²) in [6.45, 7) is 1.91. The molecule has 0 bridgehead atoms. The van der Waals surface area contributed by atoms with Crippen molar-refractivity contribution < 1.29 is 14.1 Å². The SMILES string of the molecule is CCCc1nn(C)c(Oc2cc(F)cc(Br)c2)c1[N+](=O)[O-]. The molecule has 0 spiro atoms. The first-order valence-electron chi connectivity index (χ1n) is 6.26. The van der Waals surface area contributed by atoms with Gasteiger partial charge in [-0.05, 0) is 18.6 Å². The van der Waals surface area contributed by atoms with Crippen molar-refractivity contribution in [1.82, 2.24) is 9.78 Å². The second-order valence-corrected chi connectivity index (χ2v) is 5.35. The number of rotatable bonds is 5. The van der Waals surface area contributed by atoms with Gasteiger partial charge in [0.2, 0.25) is 0 Å². The molecular weight excluding hydrogens is 345 g/mol. The molecular formula is C13H13BrFN3O3. The lowest BCUT2D eigenvalue weighted by molar-refractivity contribution is -0.386. The average molecular weight is 358 g/mol. The number of nitrogens with zero attached hydrogens (tertiary/aromatic N) is 3. The minimum Gasteiger partial charge on any atom is -0.434 e. The highest BCUT2D eigenvalue weighted by Crippen LogP contribution is 2.35. The van der Waals surface area contributed by atoms with Crippen molar-refractivity contribution in [1.29, 1.82) is 0 Å². The fourth-order valence-electron chi connectivity index (χ4n) is 1.95. The molecule has 0 saturated heterocycles. The molecule has 0 N–H and O–H groups in total. The van der Waals surface area contributed by atoms with Crippen LogP contribution in [0.4, 0.5) is 10.1 Å². The molecule has 1 aromatic heterocycles. The Morgan fingerprint density at radius 1 is 1.48 bits per heavy atom. The summed E-state index contributed by atoms with van der Waals surface area (Å²) >= 11 is 3.15. The molecule has 0 atom stereocenters. The predicted molar refractivity (Wildman–Crippen MR) is 78.0 cm³/mol. The van der Waals surface area contributed by atoms with Gasteiger partial charge in [-0.25, -0.2) is 9.07 Å². The van der Waals surface area contributed by atoms with Crippen molar-refractivity contribution >= 4 is 21.6 Å². The Morgan fingerprint density at radius 3 is 2.76 bits per heavy atom. The summed E-state index contributed by atoms with van der Waals surface area (Å²) in [5, 5.41) is 15.4. The van der Waals surface area contributed by atoms with Gasteiger partial charge in [-0.1, -0.05) is 29.3 Å². The van der Waals surface area contributed by atoms with Gasteiger partial charge in [-0.15, -0.1) is 0 Å². The number of hydrogen-bond donors (Lipinski definition) is 0. The average Bonchev–Trinajstić information content (AvgIpc) is 2.65. The molecule has 0 amide bonds. The monoisotopic (exact) mass is 357 g/mol. The topological polar surface area (TPSA) is 70.2 Å². The van der Waals surface area contributed by atoms with E-state index in [-0.39, 0.29) is 17.3 Å². The van der Waals surface area contributed by atoms with Crippen LogP contribution in [0, 0.1) is 15.9 Å². The first-order chi connectivity index (χ1) is 9.92. The van der Waals surface area contributed by atoms with E-state index in [4.69, 9.17) is 4.74 Å². The number of aryl methyl sites for hydroxylation is 2. The molecule has 112 valence electrons. The molecule has 21 heavy (non-hydrogen) atoms. The number of aromatic nitrogens is 2. The van der Waals surface area contributed by atoms with E-state index in [0.717, 1.165) is 12.5 Å². The van der Waals surface area contributed by atoms with Crippen molar-refractivity contribution in [2.24, 2.45) is 7.05 Å². The zero-order chi connectivity index (χ0) is 15.6. The van der Waals surface area contributed by atoms with E-state index in [1.165, 1.54) is 16.8 Å². The van der Waals surface area contributed by atoms with Crippen LogP contribution in [0.25, 0.3) is 0 Å². The van der Waals surface area contributed by atoms with Gasteiger partial charge >= 0.3 is 5.69 Å². The molecule has 0 unspecified atom stereocenters. The van der Waals surface area contributed by atoms with Gasteiger partial charge in [0.15, 0.2) is 0 Å². The fourth-order valence-corrected chi connectivity index (χ4v) is 2.40. The number of nitro groups is 1. The van der Waals surface area contributed by atoms with Gasteiger partial charge in [-0.2, -0.15) is 5.10 Å². The van der Waals surface area contributed by atoms with Gasteiger partial charge in [-0.3, -0.25) is 10.1 Å². The third kappa shape index (κ3) is 3.38. The molecule has 1 aromatic carbocycles. The van der Waals surface area contributed by atoms with E-state index in [1.807, 2.05) is 6.92 Å². The van der Waals surface area contributed by atoms with Crippen LogP contribution in [0.2, 0.25) is 0 Å². The Morgan fingerprint density at radius 2 is 2.19 bits per heavy atom. The Labute approximate surface area is 128 Å². The summed E-state index contributed by atoms with van der Waals surface area (Å²) in [4.78, 5) is 10.7. The fraction of sp³-hybridized carbons (Fsp3) is 0.308. The van der Waals surface area contributed by atoms with Crippen LogP contribution >= 0.6 is 15.9 Å². The highest BCUT2D eigenvalue weighted by atomic mass is 79.9. The summed E-state index contributed by atoms with van der Waals surface area (Å²) in [5.41, 5.74) is 0.176. The molecule has 1 heterocycles. The second kappa shape index (κ2) is 6.21. The largest absolute Gasteiger partial charge is 0.434 e. The van der Waals surface area contributed by atoms with Crippen molar-refractivity contribution in [3.63, 3.8) is 0 Å². The van der Waals surface area contributed by atoms with Gasteiger partial charge in [0.05, 0.1) is 4.92 Å². The number of benzene rings is 1. The third-order valence-electron chi connectivity index (χ3n) is 2.76. The zero-order valence-corrected chi connectivity index (χ0v) is 13.1. The van der Waals surface area contributed by atoms with Crippen LogP contribution in [-0.4, -0.2) is 14.7 Å². The maximum Gasteiger partial charge on any atom is 0.353 e. The van der Waals surface area contributed by atoms with Crippen LogP contribution in [0.15, 0.2) is 22.7 Å². The molecule has 0 aliphatic heterocycles. The summed E-state index contributed by atoms with van der Waals surface area (Å²) in [6.07, 6.45) is 1.20. The maximum atomic E-state index is 13.4. The third-order valence-corrected chi connectivity index (χ3v) is 3.22. The molecule has 0 aliphatic rings. The van der Waals surface area contributed by atoms with E-state index in [1.54, 1.807) is 7.05 Å². The number of halogens is 2. The van der Waals surface area contributed by atoms with Crippen LogP contribution < -0.4 is 4.74 Å². The Bertz CT molecular complexity index is 667. The van der Waals surface area contributed by atoms with E-state index in [2.05, 4.69) is 21.0 Å². The molecule has 0 saturated carbocycles. The first-order valence-corrected chi connectivity index (χ1v) is 7.06. The van der Waals surface area contributed by atoms with E-state index < -0.39 is 10.7 Å². The lowest BCUT2D eigenvalue weighted by atomic mass is 10.2. The quantitative estimate of drug-likeness (QED) is 0.599. The molecule has 6 nitrogen and oxygen atoms in total. The molecule has 8 heteroatoms. The Balaban J connectivity index is 2.45. The normalized spacial score (nSPS) is 10.7. The lowest BCUT2D eigenvalue weighted by Gasteiger charge is -2.05. The van der Waals surface area contributed by atoms with E-state index in [9.17, 15) is 14.5 Å². The number of hydrogen-bond acceptors (Lipinski definition) is 4. The highest BCUT2D eigenvalue weighted by Gasteiger charge is 2.28. The molecule has 2 aromatic rings. The maximum absolute atomic E-state index is 13.4. The van der Waals surface area contributed by atoms with Crippen LogP contribution in [0.3, 0.4) is 0 Å². The first kappa shape index (κ1) is 15.4. The van der Waals surface area contributed by atoms with Crippen LogP contribution in [-0.2, 0) is 13.5 Å². The van der Waals surface area contributed by atoms with Crippen LogP contribution in [0.1, 0.15) is 19.0 Å². The lowest BCUT2D eigenvalue weighted by Crippen LogP contribution is -1.98. The highest BCUT2D eigenvalue weighted by molar-refractivity contribution is 9.10. The van der Waals surface area contributed by atoms with Crippen molar-refractivity contribution in [2.45, 2.75) is 19.8 Å². The van der Waals surface area contributed by atoms with Gasteiger partial charge < -0.3 is 4.74 Å². The van der Waals surface area contributed by atoms with E-state index >= 15 is 0 Å². The summed E-state index contributed by atoms with van der Waals surface area (Å²) in [5.74, 6) is -0.352. The van der Waals surface area contributed by atoms with E-state index in [0.29, 0.717) is 16.6 Å². The molecule has 0 radical (unpaired) electrons. The second-order valence-electron chi connectivity index (χ2n) is 4.44. The van der Waals surface area contributed by atoms with Gasteiger partial charge in [0, 0.05) is 17.6 Å². The van der Waals surface area contributed by atoms with Crippen molar-refractivity contribution in [3.8, 4) is 11.6 Å². The number of ether oxygens (including phenoxy) is 1. The minimum absolute atomic E-state index is 0.0130. The standard InChI is InChI=1S/C13H13BrFN3O3/c1-3-4-11-12(18(19)20)13(17(2)16-11)21-10-6-8(14)5-9(15)7-10/h5-7H,3-4H2,1-2H3. The Kier molecular flexibility index (Phi) is 4.56. The molecule has 0 aliphatic carbocycles. The minimum atomic E-state index is -0.526. The predicted octanol–water partition coefficient (Wildman–Crippen LogP) is 3.97. The molecule has 0 fully saturated rings. The van der Waals surface area contributed by atoms with Gasteiger partial charge in [0.25, 0.3) is 5.88 Å².